The normalized spacial score (nSPS) is 14.2. The van der Waals surface area contributed by atoms with Crippen LogP contribution in [0.5, 0.6) is 0 Å². The van der Waals surface area contributed by atoms with Crippen LogP contribution >= 0.6 is 15.6 Å². The fourth-order valence-corrected chi connectivity index (χ4v) is 14.7. The van der Waals surface area contributed by atoms with Crippen LogP contribution in [-0.2, 0) is 65.4 Å². The number of carbonyl (C=O) groups is 4. The van der Waals surface area contributed by atoms with Crippen molar-refractivity contribution in [2.75, 3.05) is 39.6 Å². The summed E-state index contributed by atoms with van der Waals surface area (Å²) in [7, 11) is -9.93. The Morgan fingerprint density at radius 1 is 0.279 bits per heavy atom. The largest absolute Gasteiger partial charge is 0.472 e. The summed E-state index contributed by atoms with van der Waals surface area (Å²) in [6.07, 6.45) is 65.1. The van der Waals surface area contributed by atoms with E-state index in [4.69, 9.17) is 37.0 Å². The predicted octanol–water partition coefficient (Wildman–Crippen LogP) is 25.7. The standard InChI is InChI=1S/C85H166O17P2/c1-8-10-11-12-13-14-28-38-45-52-59-66-82(87)95-72-80(102-85(90)69-62-55-48-41-34-27-30-36-43-50-57-64-77(5)6)74-99-103(91,92)97-70-79(86)71-98-104(93,94)100-75-81(73-96-83(88)67-60-53-46-39-32-25-22-21-23-29-35-42-49-56-63-76(3)4)101-84(89)68-61-54-47-40-33-26-20-18-16-15-17-19-24-31-37-44-51-58-65-78(7)9-2/h76-81,86H,8-75H2,1-7H3,(H,91,92)(H,93,94)/t78?,79-,80+,81+/m0/s1. The second kappa shape index (κ2) is 75.1. The van der Waals surface area contributed by atoms with Gasteiger partial charge in [-0.25, -0.2) is 9.13 Å². The van der Waals surface area contributed by atoms with Crippen LogP contribution in [0.3, 0.4) is 0 Å². The molecule has 0 heterocycles. The Balaban J connectivity index is 5.23. The number of aliphatic hydroxyl groups excluding tert-OH is 1. The Hall–Kier alpha value is -1.94. The zero-order valence-corrected chi connectivity index (χ0v) is 70.3. The van der Waals surface area contributed by atoms with Crippen LogP contribution in [0.2, 0.25) is 0 Å². The number of phosphoric ester groups is 2. The van der Waals surface area contributed by atoms with Crippen LogP contribution in [0.1, 0.15) is 447 Å². The Bertz CT molecular complexity index is 2010. The van der Waals surface area contributed by atoms with Gasteiger partial charge in [0.25, 0.3) is 0 Å². The van der Waals surface area contributed by atoms with Crippen molar-refractivity contribution in [2.45, 2.75) is 465 Å². The van der Waals surface area contributed by atoms with E-state index in [1.165, 1.54) is 257 Å². The summed E-state index contributed by atoms with van der Waals surface area (Å²) >= 11 is 0. The summed E-state index contributed by atoms with van der Waals surface area (Å²) in [5.41, 5.74) is 0. The topological polar surface area (TPSA) is 237 Å². The number of unbranched alkanes of at least 4 members (excludes halogenated alkanes) is 50. The van der Waals surface area contributed by atoms with Gasteiger partial charge in [-0.05, 0) is 43.4 Å². The van der Waals surface area contributed by atoms with Gasteiger partial charge in [0.15, 0.2) is 12.2 Å². The van der Waals surface area contributed by atoms with Crippen molar-refractivity contribution in [2.24, 2.45) is 17.8 Å². The number of carbonyl (C=O) groups excluding carboxylic acids is 4. The van der Waals surface area contributed by atoms with E-state index in [0.717, 1.165) is 108 Å². The minimum absolute atomic E-state index is 0.107. The zero-order valence-electron chi connectivity index (χ0n) is 68.5. The van der Waals surface area contributed by atoms with Gasteiger partial charge in [0.2, 0.25) is 0 Å². The Kier molecular flexibility index (Phi) is 73.7. The van der Waals surface area contributed by atoms with Gasteiger partial charge in [0, 0.05) is 25.7 Å². The van der Waals surface area contributed by atoms with E-state index in [0.29, 0.717) is 25.7 Å². The average Bonchev–Trinajstić information content (AvgIpc) is 0.912. The molecule has 0 aromatic carbocycles. The smallest absolute Gasteiger partial charge is 0.462 e. The van der Waals surface area contributed by atoms with E-state index in [2.05, 4.69) is 48.5 Å². The van der Waals surface area contributed by atoms with Crippen molar-refractivity contribution in [3.8, 4) is 0 Å². The minimum Gasteiger partial charge on any atom is -0.462 e. The highest BCUT2D eigenvalue weighted by atomic mass is 31.2. The first kappa shape index (κ1) is 102. The lowest BCUT2D eigenvalue weighted by atomic mass is 9.99. The van der Waals surface area contributed by atoms with Gasteiger partial charge in [-0.2, -0.15) is 0 Å². The monoisotopic (exact) mass is 1520 g/mol. The molecule has 104 heavy (non-hydrogen) atoms. The van der Waals surface area contributed by atoms with Crippen LogP contribution in [0.25, 0.3) is 0 Å². The molecule has 19 heteroatoms. The maximum Gasteiger partial charge on any atom is 0.472 e. The molecule has 6 atom stereocenters. The molecule has 0 aliphatic rings. The van der Waals surface area contributed by atoms with Gasteiger partial charge in [-0.3, -0.25) is 37.3 Å². The fraction of sp³-hybridized carbons (Fsp3) is 0.953. The second-order valence-corrected chi connectivity index (χ2v) is 34.7. The molecule has 0 bridgehead atoms. The molecular formula is C85H166O17P2. The summed E-state index contributed by atoms with van der Waals surface area (Å²) in [5.74, 6) is 0.331. The van der Waals surface area contributed by atoms with Crippen molar-refractivity contribution in [3.05, 3.63) is 0 Å². The number of aliphatic hydroxyl groups is 1. The molecule has 0 radical (unpaired) electrons. The van der Waals surface area contributed by atoms with Gasteiger partial charge in [-0.1, -0.05) is 395 Å². The highest BCUT2D eigenvalue weighted by Gasteiger charge is 2.30. The highest BCUT2D eigenvalue weighted by molar-refractivity contribution is 7.47. The molecule has 0 aromatic rings. The average molecular weight is 1520 g/mol. The Morgan fingerprint density at radius 3 is 0.731 bits per heavy atom. The lowest BCUT2D eigenvalue weighted by Crippen LogP contribution is -2.30. The first-order valence-corrected chi connectivity index (χ1v) is 46.9. The summed E-state index contributed by atoms with van der Waals surface area (Å²) in [4.78, 5) is 73.2. The quantitative estimate of drug-likeness (QED) is 0.0222. The lowest BCUT2D eigenvalue weighted by molar-refractivity contribution is -0.161. The van der Waals surface area contributed by atoms with Crippen molar-refractivity contribution in [1.29, 1.82) is 0 Å². The summed E-state index contributed by atoms with van der Waals surface area (Å²) < 4.78 is 68.8. The Morgan fingerprint density at radius 2 is 0.490 bits per heavy atom. The number of rotatable bonds is 83. The third-order valence-corrected chi connectivity index (χ3v) is 22.1. The first-order valence-electron chi connectivity index (χ1n) is 43.9. The van der Waals surface area contributed by atoms with E-state index >= 15 is 0 Å². The van der Waals surface area contributed by atoms with Crippen LogP contribution in [-0.4, -0.2) is 96.7 Å². The van der Waals surface area contributed by atoms with E-state index in [1.54, 1.807) is 0 Å². The fourth-order valence-electron chi connectivity index (χ4n) is 13.2. The summed E-state index contributed by atoms with van der Waals surface area (Å²) in [6, 6.07) is 0. The summed E-state index contributed by atoms with van der Waals surface area (Å²) in [6.45, 7) is 12.1. The van der Waals surface area contributed by atoms with E-state index in [9.17, 15) is 43.2 Å². The maximum atomic E-state index is 13.1. The van der Waals surface area contributed by atoms with Crippen LogP contribution in [0.4, 0.5) is 0 Å². The summed E-state index contributed by atoms with van der Waals surface area (Å²) in [5, 5.41) is 10.7. The molecule has 17 nitrogen and oxygen atoms in total. The number of hydrogen-bond acceptors (Lipinski definition) is 15. The SMILES string of the molecule is CCCCCCCCCCCCCC(=O)OC[C@H](COP(=O)(O)OC[C@H](O)COP(=O)(O)OC[C@@H](COC(=O)CCCCCCCCCCCCCCCCC(C)C)OC(=O)CCCCCCCCCCCCCCCCCCCCC(C)CC)OC(=O)CCCCCCCCCCCCCC(C)C. The highest BCUT2D eigenvalue weighted by Crippen LogP contribution is 2.45. The third-order valence-electron chi connectivity index (χ3n) is 20.2. The van der Waals surface area contributed by atoms with Crippen LogP contribution < -0.4 is 0 Å². The molecule has 0 spiro atoms. The maximum absolute atomic E-state index is 13.1. The lowest BCUT2D eigenvalue weighted by Gasteiger charge is -2.21. The predicted molar refractivity (Wildman–Crippen MR) is 428 cm³/mol. The minimum atomic E-state index is -4.97. The molecule has 618 valence electrons. The molecule has 0 saturated heterocycles. The molecular weight excluding hydrogens is 1350 g/mol. The molecule has 0 amide bonds. The van der Waals surface area contributed by atoms with Gasteiger partial charge in [0.05, 0.1) is 26.4 Å². The first-order chi connectivity index (χ1) is 50.3. The number of phosphoric acid groups is 2. The molecule has 3 unspecified atom stereocenters. The van der Waals surface area contributed by atoms with Crippen LogP contribution in [0.15, 0.2) is 0 Å². The third kappa shape index (κ3) is 76.8. The number of hydrogen-bond donors (Lipinski definition) is 3. The van der Waals surface area contributed by atoms with E-state index in [-0.39, 0.29) is 25.7 Å². The number of esters is 4. The van der Waals surface area contributed by atoms with E-state index < -0.39 is 97.5 Å². The van der Waals surface area contributed by atoms with Gasteiger partial charge >= 0.3 is 39.5 Å². The van der Waals surface area contributed by atoms with E-state index in [1.807, 2.05) is 0 Å². The second-order valence-electron chi connectivity index (χ2n) is 31.8. The van der Waals surface area contributed by atoms with Crippen molar-refractivity contribution in [1.82, 2.24) is 0 Å². The van der Waals surface area contributed by atoms with Crippen LogP contribution in [0, 0.1) is 17.8 Å². The molecule has 0 fully saturated rings. The molecule has 3 N–H and O–H groups in total. The zero-order chi connectivity index (χ0) is 76.5. The van der Waals surface area contributed by atoms with Crippen molar-refractivity contribution < 1.29 is 80.2 Å². The Labute approximate surface area is 638 Å². The van der Waals surface area contributed by atoms with Crippen molar-refractivity contribution in [3.63, 3.8) is 0 Å². The van der Waals surface area contributed by atoms with Gasteiger partial charge < -0.3 is 33.8 Å². The van der Waals surface area contributed by atoms with Gasteiger partial charge in [-0.15, -0.1) is 0 Å². The molecule has 0 saturated carbocycles. The molecule has 0 aliphatic carbocycles. The molecule has 0 aliphatic heterocycles. The molecule has 0 rings (SSSR count). The van der Waals surface area contributed by atoms with Gasteiger partial charge in [0.1, 0.15) is 19.3 Å². The number of ether oxygens (including phenoxy) is 4. The molecule has 0 aromatic heterocycles. The van der Waals surface area contributed by atoms with Crippen molar-refractivity contribution >= 4 is 39.5 Å².